The van der Waals surface area contributed by atoms with Gasteiger partial charge in [-0.15, -0.1) is 24.2 Å². The Hall–Kier alpha value is -3.84. The number of hydrogen-bond donors (Lipinski definition) is 5. The van der Waals surface area contributed by atoms with Crippen molar-refractivity contribution in [2.45, 2.75) is 43.6 Å². The van der Waals surface area contributed by atoms with E-state index < -0.39 is 11.3 Å². The molecule has 0 aromatic carbocycles. The molecule has 7 N–H and O–H groups in total. The van der Waals surface area contributed by atoms with Gasteiger partial charge >= 0.3 is 0 Å². The van der Waals surface area contributed by atoms with Gasteiger partial charge in [0.1, 0.15) is 28.0 Å². The number of nitrogen functional groups attached to an aromatic ring is 2. The van der Waals surface area contributed by atoms with E-state index in [0.717, 1.165) is 69.1 Å². The summed E-state index contributed by atoms with van der Waals surface area (Å²) in [6, 6.07) is 1.57. The lowest BCUT2D eigenvalue weighted by Crippen LogP contribution is -2.54. The van der Waals surface area contributed by atoms with Crippen LogP contribution in [0.1, 0.15) is 41.8 Å². The Balaban J connectivity index is 1.34. The molecular formula is C30H38N10OS. The molecule has 2 atom stereocenters. The normalized spacial score (nSPS) is 25.2. The van der Waals surface area contributed by atoms with Gasteiger partial charge in [-0.05, 0) is 45.7 Å². The topological polar surface area (TPSA) is 153 Å². The molecule has 220 valence electrons. The monoisotopic (exact) mass is 586 g/mol. The zero-order valence-corrected chi connectivity index (χ0v) is 24.8. The molecule has 0 unspecified atom stereocenters. The molecule has 5 heterocycles. The summed E-state index contributed by atoms with van der Waals surface area (Å²) in [5.41, 5.74) is 12.7. The summed E-state index contributed by atoms with van der Waals surface area (Å²) in [7, 11) is 2.06. The minimum atomic E-state index is -1.31. The summed E-state index contributed by atoms with van der Waals surface area (Å²) >= 11 is 1.38. The van der Waals surface area contributed by atoms with Gasteiger partial charge in [-0.2, -0.15) is 4.98 Å². The molecule has 2 aromatic heterocycles. The number of nitrogens with zero attached hydrogens (tertiary/aromatic N) is 5. The second kappa shape index (κ2) is 10.8. The third-order valence-electron chi connectivity index (χ3n) is 9.27. The second-order valence-corrected chi connectivity index (χ2v) is 13.2. The maximum atomic E-state index is 13.9. The summed E-state index contributed by atoms with van der Waals surface area (Å²) in [6.45, 7) is 6.01. The summed E-state index contributed by atoms with van der Waals surface area (Å²) < 4.78 is 0. The van der Waals surface area contributed by atoms with Gasteiger partial charge in [0.25, 0.3) is 0 Å². The fraction of sp³-hybridized carbons (Fsp3) is 0.533. The van der Waals surface area contributed by atoms with Crippen LogP contribution >= 0.6 is 11.3 Å². The molecule has 0 radical (unpaired) electrons. The number of carbonyl (C=O) groups is 1. The van der Waals surface area contributed by atoms with Crippen molar-refractivity contribution in [2.75, 3.05) is 74.1 Å². The average Bonchev–Trinajstić information content (AvgIpc) is 3.49. The summed E-state index contributed by atoms with van der Waals surface area (Å²) in [4.78, 5) is 31.2. The molecule has 1 amide bonds. The van der Waals surface area contributed by atoms with Gasteiger partial charge in [-0.1, -0.05) is 11.8 Å². The Bertz CT molecular complexity index is 1500. The third kappa shape index (κ3) is 4.74. The first kappa shape index (κ1) is 28.3. The van der Waals surface area contributed by atoms with Crippen molar-refractivity contribution >= 4 is 45.5 Å². The number of terminal acetylenes is 2. The third-order valence-corrected chi connectivity index (χ3v) is 10.4. The van der Waals surface area contributed by atoms with E-state index in [2.05, 4.69) is 39.3 Å². The number of nitrogens with one attached hydrogen (secondary N) is 3. The first-order valence-electron chi connectivity index (χ1n) is 14.5. The number of amidine groups is 1. The number of amides is 1. The molecule has 0 saturated carbocycles. The summed E-state index contributed by atoms with van der Waals surface area (Å²) in [5.74, 6) is 6.23. The van der Waals surface area contributed by atoms with E-state index in [1.165, 1.54) is 11.3 Å². The Kier molecular flexibility index (Phi) is 7.26. The number of anilines is 4. The first-order chi connectivity index (χ1) is 20.2. The molecule has 1 spiro atoms. The molecule has 3 saturated heterocycles. The fourth-order valence-electron chi connectivity index (χ4n) is 6.79. The predicted octanol–water partition coefficient (Wildman–Crippen LogP) is 0.995. The maximum absolute atomic E-state index is 13.9. The summed E-state index contributed by atoms with van der Waals surface area (Å²) in [6.07, 6.45) is 15.9. The van der Waals surface area contributed by atoms with Crippen molar-refractivity contribution < 1.29 is 4.79 Å². The van der Waals surface area contributed by atoms with Gasteiger partial charge in [0.05, 0.1) is 5.69 Å². The number of likely N-dealkylation sites (N-methyl/N-ethyl adjacent to an activating group) is 1. The van der Waals surface area contributed by atoms with Crippen LogP contribution < -0.4 is 31.9 Å². The number of fused-ring (bicyclic) bond motifs is 1. The Labute approximate surface area is 250 Å². The lowest BCUT2D eigenvalue weighted by atomic mass is 9.71. The molecule has 0 bridgehead atoms. The van der Waals surface area contributed by atoms with Crippen LogP contribution in [0.25, 0.3) is 0 Å². The largest absolute Gasteiger partial charge is 0.396 e. The van der Waals surface area contributed by atoms with Crippen LogP contribution in [0.2, 0.25) is 0 Å². The van der Waals surface area contributed by atoms with Crippen LogP contribution in [0.3, 0.4) is 0 Å². The predicted molar refractivity (Wildman–Crippen MR) is 168 cm³/mol. The number of aryl methyl sites for hydroxylation is 1. The average molecular weight is 587 g/mol. The smallest absolute Gasteiger partial charge is 0.248 e. The molecule has 6 rings (SSSR count). The highest BCUT2D eigenvalue weighted by Gasteiger charge is 2.46. The molecule has 3 aliphatic heterocycles. The van der Waals surface area contributed by atoms with Crippen LogP contribution in [0.5, 0.6) is 0 Å². The van der Waals surface area contributed by atoms with E-state index in [-0.39, 0.29) is 17.3 Å². The fourth-order valence-corrected chi connectivity index (χ4v) is 7.90. The van der Waals surface area contributed by atoms with E-state index >= 15 is 0 Å². The molecule has 3 fully saturated rings. The number of rotatable bonds is 4. The minimum absolute atomic E-state index is 0.142. The highest BCUT2D eigenvalue weighted by atomic mass is 32.1. The Morgan fingerprint density at radius 3 is 2.71 bits per heavy atom. The quantitative estimate of drug-likeness (QED) is 0.201. The molecule has 42 heavy (non-hydrogen) atoms. The van der Waals surface area contributed by atoms with E-state index in [1.807, 2.05) is 4.90 Å². The number of nitrogens with two attached hydrogens (primary N) is 2. The standard InChI is InChI=1S/C30H38N10OS/c1-4-19-15-38(3)11-7-12-40(19)28-35-20(14-22(36-28)39-13-10-29(18-39)16-34-17-29)25(32)37-27(41)30(5-2)9-6-8-21-23(30)24(31)26(33)42-21/h1-2,14,19,34H,6-13,15-18,31,33H2,3H3,(H2,32,37,41)/t19-,30-/m0/s1. The zero-order chi connectivity index (χ0) is 29.6. The van der Waals surface area contributed by atoms with Gasteiger partial charge in [-0.3, -0.25) is 10.2 Å². The summed E-state index contributed by atoms with van der Waals surface area (Å²) in [5, 5.41) is 15.7. The first-order valence-corrected chi connectivity index (χ1v) is 15.3. The van der Waals surface area contributed by atoms with Gasteiger partial charge in [-0.25, -0.2) is 4.98 Å². The van der Waals surface area contributed by atoms with E-state index in [9.17, 15) is 4.79 Å². The van der Waals surface area contributed by atoms with E-state index in [1.54, 1.807) is 6.07 Å². The lowest BCUT2D eigenvalue weighted by molar-refractivity contribution is -0.123. The van der Waals surface area contributed by atoms with Crippen LogP contribution in [-0.4, -0.2) is 85.5 Å². The highest BCUT2D eigenvalue weighted by molar-refractivity contribution is 7.16. The zero-order valence-electron chi connectivity index (χ0n) is 24.0. The Morgan fingerprint density at radius 1 is 1.21 bits per heavy atom. The van der Waals surface area contributed by atoms with E-state index in [0.29, 0.717) is 47.4 Å². The second-order valence-electron chi connectivity index (χ2n) is 12.1. The van der Waals surface area contributed by atoms with Crippen molar-refractivity contribution in [2.24, 2.45) is 5.41 Å². The van der Waals surface area contributed by atoms with Crippen molar-refractivity contribution in [3.05, 3.63) is 22.2 Å². The lowest BCUT2D eigenvalue weighted by Gasteiger charge is -2.39. The van der Waals surface area contributed by atoms with Crippen LogP contribution in [0.4, 0.5) is 22.5 Å². The highest BCUT2D eigenvalue weighted by Crippen LogP contribution is 2.47. The van der Waals surface area contributed by atoms with Gasteiger partial charge in [0.15, 0.2) is 5.84 Å². The number of carbonyl (C=O) groups excluding carboxylic acids is 1. The van der Waals surface area contributed by atoms with E-state index in [4.69, 9.17) is 39.7 Å². The molecular weight excluding hydrogens is 548 g/mol. The number of thiophene rings is 1. The molecule has 1 aliphatic carbocycles. The molecule has 4 aliphatic rings. The Morgan fingerprint density at radius 2 is 2.02 bits per heavy atom. The van der Waals surface area contributed by atoms with Crippen LogP contribution in [0.15, 0.2) is 6.07 Å². The van der Waals surface area contributed by atoms with Crippen molar-refractivity contribution in [1.29, 1.82) is 5.41 Å². The van der Waals surface area contributed by atoms with Gasteiger partial charge in [0.2, 0.25) is 11.9 Å². The molecule has 2 aromatic rings. The van der Waals surface area contributed by atoms with Crippen molar-refractivity contribution in [3.8, 4) is 24.7 Å². The maximum Gasteiger partial charge on any atom is 0.248 e. The van der Waals surface area contributed by atoms with Crippen molar-refractivity contribution in [3.63, 3.8) is 0 Å². The number of aromatic nitrogens is 2. The molecule has 11 nitrogen and oxygen atoms in total. The SMILES string of the molecule is C#C[C@H]1CN(C)CCCN1c1nc(C(=N)NC(=O)[C@@]2(C#C)CCCc3sc(N)c(N)c32)cc(N2CCC3(CNC3)C2)n1. The van der Waals surface area contributed by atoms with Gasteiger partial charge in [0, 0.05) is 61.2 Å². The number of hydrogen-bond acceptors (Lipinski definition) is 11. The molecule has 12 heteroatoms. The van der Waals surface area contributed by atoms with Crippen LogP contribution in [0, 0.1) is 35.5 Å². The van der Waals surface area contributed by atoms with Crippen molar-refractivity contribution in [1.82, 2.24) is 25.5 Å². The minimum Gasteiger partial charge on any atom is -0.396 e. The van der Waals surface area contributed by atoms with Crippen LogP contribution in [-0.2, 0) is 16.6 Å². The van der Waals surface area contributed by atoms with Gasteiger partial charge < -0.3 is 36.8 Å².